The molecule has 4 N–H and O–H groups in total. The molecule has 4 heterocycles. The second-order valence-electron chi connectivity index (χ2n) is 15.5. The Kier molecular flexibility index (Phi) is 14.6. The fourth-order valence-corrected chi connectivity index (χ4v) is 9.48. The van der Waals surface area contributed by atoms with Crippen molar-refractivity contribution >= 4 is 69.0 Å². The van der Waals surface area contributed by atoms with Crippen LogP contribution < -0.4 is 26.1 Å². The highest BCUT2D eigenvalue weighted by molar-refractivity contribution is 7.17. The van der Waals surface area contributed by atoms with Crippen LogP contribution in [0.4, 0.5) is 5.00 Å². The van der Waals surface area contributed by atoms with E-state index in [1.165, 1.54) is 10.4 Å². The molecule has 1 aromatic heterocycles. The second kappa shape index (κ2) is 19.8. The van der Waals surface area contributed by atoms with Gasteiger partial charge in [-0.05, 0) is 83.2 Å². The predicted molar refractivity (Wildman–Crippen MR) is 232 cm³/mol. The number of aliphatic imine (C=N–C) groups is 1. The summed E-state index contributed by atoms with van der Waals surface area (Å²) in [5, 5.41) is 11.1. The van der Waals surface area contributed by atoms with Crippen molar-refractivity contribution in [2.75, 3.05) is 18.1 Å². The predicted octanol–water partition coefficient (Wildman–Crippen LogP) is 7.22. The number of fused-ring (bicyclic) bond motifs is 2. The first-order valence-electron chi connectivity index (χ1n) is 20.6. The van der Waals surface area contributed by atoms with Gasteiger partial charge in [0, 0.05) is 40.4 Å². The number of rotatable bonds is 17. The number of hydrogen-bond donors (Lipinski definition) is 3. The summed E-state index contributed by atoms with van der Waals surface area (Å²) in [6.07, 6.45) is 9.17. The van der Waals surface area contributed by atoms with Crippen molar-refractivity contribution in [1.82, 2.24) is 15.5 Å². The van der Waals surface area contributed by atoms with Crippen molar-refractivity contribution in [3.05, 3.63) is 80.2 Å². The summed E-state index contributed by atoms with van der Waals surface area (Å²) in [4.78, 5) is 73.0. The first-order valence-corrected chi connectivity index (χ1v) is 21.8. The number of hydrazone groups is 1. The van der Waals surface area contributed by atoms with Gasteiger partial charge in [0.2, 0.25) is 17.7 Å². The molecule has 3 aliphatic heterocycles. The first kappa shape index (κ1) is 43.5. The van der Waals surface area contributed by atoms with Gasteiger partial charge in [-0.3, -0.25) is 39.2 Å². The highest BCUT2D eigenvalue weighted by Crippen LogP contribution is 2.42. The summed E-state index contributed by atoms with van der Waals surface area (Å²) < 4.78 is 5.95. The number of hydrogen-bond acceptors (Lipinski definition) is 10. The number of carbonyl (C=O) groups is 5. The molecule has 5 amide bonds. The molecule has 1 saturated heterocycles. The van der Waals surface area contributed by atoms with Crippen LogP contribution in [0.5, 0.6) is 5.75 Å². The molecule has 2 aromatic carbocycles. The van der Waals surface area contributed by atoms with E-state index in [9.17, 15) is 24.0 Å². The summed E-state index contributed by atoms with van der Waals surface area (Å²) in [7, 11) is 0. The number of ether oxygens (including phenoxy) is 1. The monoisotopic (exact) mass is 843 g/mol. The van der Waals surface area contributed by atoms with Gasteiger partial charge < -0.3 is 20.8 Å². The topological polar surface area (TPSA) is 176 Å². The van der Waals surface area contributed by atoms with Gasteiger partial charge in [0.15, 0.2) is 0 Å². The van der Waals surface area contributed by atoms with E-state index in [2.05, 4.69) is 41.4 Å². The van der Waals surface area contributed by atoms with Gasteiger partial charge in [-0.25, -0.2) is 0 Å². The van der Waals surface area contributed by atoms with Crippen molar-refractivity contribution in [3.63, 3.8) is 0 Å². The van der Waals surface area contributed by atoms with Crippen LogP contribution in [0.15, 0.2) is 52.6 Å². The molecule has 6 rings (SSSR count). The maximum Gasteiger partial charge on any atom is 0.266 e. The lowest BCUT2D eigenvalue weighted by Crippen LogP contribution is -2.54. The van der Waals surface area contributed by atoms with E-state index >= 15 is 0 Å². The SMILES string of the molecule is C/C(=N/N)N1c2sc(C)c(C)c2C(c2ccc(Cl)cc2)=N[C@@H](CCC(=O)NCCCCCCCCCCOc2cccc3c2C(=O)N(C2CCC(=O)NC2=O)C3=O)C1C. The van der Waals surface area contributed by atoms with Gasteiger partial charge >= 0.3 is 0 Å². The maximum absolute atomic E-state index is 13.3. The summed E-state index contributed by atoms with van der Waals surface area (Å²) in [5.41, 5.74) is 4.49. The number of nitrogens with two attached hydrogens (primary N) is 1. The molecule has 314 valence electrons. The zero-order valence-corrected chi connectivity index (χ0v) is 35.8. The molecule has 3 atom stereocenters. The number of unbranched alkanes of at least 4 members (excludes halogenated alkanes) is 7. The summed E-state index contributed by atoms with van der Waals surface area (Å²) in [6, 6.07) is 11.4. The van der Waals surface area contributed by atoms with Crippen molar-refractivity contribution < 1.29 is 28.7 Å². The Bertz CT molecular complexity index is 2130. The third-order valence-corrected chi connectivity index (χ3v) is 12.9. The van der Waals surface area contributed by atoms with Crippen LogP contribution in [0.25, 0.3) is 0 Å². The van der Waals surface area contributed by atoms with Crippen LogP contribution in [-0.4, -0.2) is 77.3 Å². The smallest absolute Gasteiger partial charge is 0.266 e. The Morgan fingerprint density at radius 3 is 2.37 bits per heavy atom. The maximum atomic E-state index is 13.3. The number of aryl methyl sites for hydroxylation is 1. The van der Waals surface area contributed by atoms with E-state index in [1.807, 2.05) is 31.2 Å². The van der Waals surface area contributed by atoms with Gasteiger partial charge in [0.25, 0.3) is 11.8 Å². The van der Waals surface area contributed by atoms with E-state index in [0.29, 0.717) is 42.6 Å². The fraction of sp³-hybridized carbons (Fsp3) is 0.477. The summed E-state index contributed by atoms with van der Waals surface area (Å²) >= 11 is 7.96. The third kappa shape index (κ3) is 9.87. The summed E-state index contributed by atoms with van der Waals surface area (Å²) in [5.74, 6) is 4.73. The number of imide groups is 2. The van der Waals surface area contributed by atoms with Crippen LogP contribution >= 0.6 is 22.9 Å². The zero-order chi connectivity index (χ0) is 42.2. The molecule has 1 fully saturated rings. The van der Waals surface area contributed by atoms with Crippen molar-refractivity contribution in [3.8, 4) is 5.75 Å². The van der Waals surface area contributed by atoms with Crippen LogP contribution in [0.1, 0.15) is 133 Å². The molecule has 0 aliphatic carbocycles. The van der Waals surface area contributed by atoms with E-state index in [1.54, 1.807) is 29.5 Å². The number of nitrogens with one attached hydrogen (secondary N) is 2. The van der Waals surface area contributed by atoms with E-state index in [-0.39, 0.29) is 42.0 Å². The first-order chi connectivity index (χ1) is 28.4. The zero-order valence-electron chi connectivity index (χ0n) is 34.3. The molecule has 0 radical (unpaired) electrons. The van der Waals surface area contributed by atoms with Crippen LogP contribution in [-0.2, 0) is 14.4 Å². The molecule has 0 bridgehead atoms. The number of amides is 5. The number of nitrogens with zero attached hydrogens (tertiary/aromatic N) is 4. The van der Waals surface area contributed by atoms with Gasteiger partial charge in [0.05, 0.1) is 35.5 Å². The molecule has 3 aromatic rings. The van der Waals surface area contributed by atoms with Crippen molar-refractivity contribution in [1.29, 1.82) is 0 Å². The number of thiophene rings is 1. The Labute approximate surface area is 354 Å². The molecule has 0 saturated carbocycles. The molecular formula is C44H54ClN7O6S. The average Bonchev–Trinajstić information content (AvgIpc) is 3.60. The minimum atomic E-state index is -1.01. The van der Waals surface area contributed by atoms with Crippen LogP contribution in [0.2, 0.25) is 5.02 Å². The number of piperidine rings is 1. The lowest BCUT2D eigenvalue weighted by molar-refractivity contribution is -0.136. The number of carbonyl (C=O) groups excluding carboxylic acids is 5. The van der Waals surface area contributed by atoms with E-state index < -0.39 is 29.7 Å². The van der Waals surface area contributed by atoms with Crippen molar-refractivity contribution in [2.24, 2.45) is 15.9 Å². The van der Waals surface area contributed by atoms with Crippen molar-refractivity contribution in [2.45, 2.75) is 123 Å². The highest BCUT2D eigenvalue weighted by atomic mass is 35.5. The number of halogens is 1. The number of anilines is 1. The molecular weight excluding hydrogens is 790 g/mol. The minimum absolute atomic E-state index is 0.0209. The standard InChI is InChI=1S/C44H54ClN7O6S/c1-26-28(3)59-44-38(26)40(30-16-18-31(45)19-17-30)48-33(27(2)51(44)29(4)50-46)20-22-36(53)47-24-11-9-7-5-6-8-10-12-25-58-35-15-13-14-32-39(35)43(57)52(42(32)56)34-21-23-37(54)49-41(34)55/h13-19,27,33-34H,5-12,20-25,46H2,1-4H3,(H,47,53)(H,49,54,55)/b50-29-/t27?,33-,34?/m0/s1. The average molecular weight is 844 g/mol. The Morgan fingerprint density at radius 1 is 0.983 bits per heavy atom. The van der Waals surface area contributed by atoms with Gasteiger partial charge in [-0.2, -0.15) is 5.10 Å². The highest BCUT2D eigenvalue weighted by Gasteiger charge is 2.46. The lowest BCUT2D eigenvalue weighted by Gasteiger charge is -2.32. The lowest BCUT2D eigenvalue weighted by atomic mass is 9.99. The van der Waals surface area contributed by atoms with Crippen LogP contribution in [0, 0.1) is 13.8 Å². The Balaban J connectivity index is 0.887. The van der Waals surface area contributed by atoms with Gasteiger partial charge in [0.1, 0.15) is 22.6 Å². The van der Waals surface area contributed by atoms with Gasteiger partial charge in [-0.15, -0.1) is 11.3 Å². The summed E-state index contributed by atoms with van der Waals surface area (Å²) in [6.45, 7) is 9.31. The molecule has 2 unspecified atom stereocenters. The molecule has 3 aliphatic rings. The van der Waals surface area contributed by atoms with E-state index in [4.69, 9.17) is 27.2 Å². The van der Waals surface area contributed by atoms with E-state index in [0.717, 1.165) is 78.1 Å². The Hall–Kier alpha value is -5.08. The number of amidine groups is 1. The normalized spacial score (nSPS) is 19.3. The number of benzene rings is 2. The van der Waals surface area contributed by atoms with Gasteiger partial charge in [-0.1, -0.05) is 68.3 Å². The quantitative estimate of drug-likeness (QED) is 0.0319. The second-order valence-corrected chi connectivity index (χ2v) is 17.1. The Morgan fingerprint density at radius 2 is 1.68 bits per heavy atom. The third-order valence-electron chi connectivity index (χ3n) is 11.5. The molecule has 0 spiro atoms. The minimum Gasteiger partial charge on any atom is -0.493 e. The molecule has 59 heavy (non-hydrogen) atoms. The molecule has 15 heteroatoms. The molecule has 13 nitrogen and oxygen atoms in total. The van der Waals surface area contributed by atoms with Crippen LogP contribution in [0.3, 0.4) is 0 Å². The largest absolute Gasteiger partial charge is 0.493 e. The fourth-order valence-electron chi connectivity index (χ4n) is 8.06.